The van der Waals surface area contributed by atoms with Gasteiger partial charge in [0.05, 0.1) is 16.9 Å². The van der Waals surface area contributed by atoms with Crippen LogP contribution in [-0.2, 0) is 0 Å². The Kier molecular flexibility index (Phi) is 8.52. The Morgan fingerprint density at radius 1 is 0.424 bits per heavy atom. The standard InChI is InChI=1S/C55H38N2O2/c1-4-14-37(15-5-1)39-24-26-41(27-25-39)46-20-10-12-22-49(46)57(44-32-28-40(29-33-44)38-16-6-2-7-17-38)45-34-30-42(31-35-45)52-53-51(59-55(56-53)43-18-8-3-9-19-43)36-48-47-21-11-13-23-50(47)58-54(48)52/h1-36,55-56H. The molecular formula is C55H38N2O2. The Balaban J connectivity index is 1.04. The summed E-state index contributed by atoms with van der Waals surface area (Å²) >= 11 is 0. The third-order valence-corrected chi connectivity index (χ3v) is 11.4. The molecule has 0 aliphatic carbocycles. The smallest absolute Gasteiger partial charge is 0.196 e. The molecule has 1 atom stereocenters. The monoisotopic (exact) mass is 758 g/mol. The summed E-state index contributed by atoms with van der Waals surface area (Å²) in [5.41, 5.74) is 15.9. The number of para-hydroxylation sites is 2. The lowest BCUT2D eigenvalue weighted by Gasteiger charge is -2.28. The molecule has 0 saturated heterocycles. The highest BCUT2D eigenvalue weighted by molar-refractivity contribution is 6.14. The van der Waals surface area contributed by atoms with Gasteiger partial charge in [0.25, 0.3) is 0 Å². The zero-order valence-corrected chi connectivity index (χ0v) is 32.1. The number of benzene rings is 9. The molecule has 280 valence electrons. The highest BCUT2D eigenvalue weighted by atomic mass is 16.5. The molecule has 0 spiro atoms. The van der Waals surface area contributed by atoms with E-state index in [1.54, 1.807) is 0 Å². The molecule has 1 unspecified atom stereocenters. The third-order valence-electron chi connectivity index (χ3n) is 11.4. The quantitative estimate of drug-likeness (QED) is 0.167. The van der Waals surface area contributed by atoms with E-state index in [9.17, 15) is 0 Å². The van der Waals surface area contributed by atoms with Crippen LogP contribution in [0.1, 0.15) is 11.8 Å². The first-order valence-corrected chi connectivity index (χ1v) is 20.0. The number of anilines is 4. The summed E-state index contributed by atoms with van der Waals surface area (Å²) in [5.74, 6) is 0.810. The van der Waals surface area contributed by atoms with E-state index >= 15 is 0 Å². The molecule has 2 heterocycles. The average Bonchev–Trinajstić information content (AvgIpc) is 3.92. The molecule has 0 bridgehead atoms. The fourth-order valence-electron chi connectivity index (χ4n) is 8.44. The Hall–Kier alpha value is -7.82. The van der Waals surface area contributed by atoms with Gasteiger partial charge in [-0.05, 0) is 75.8 Å². The highest BCUT2D eigenvalue weighted by Crippen LogP contribution is 2.51. The van der Waals surface area contributed by atoms with Crippen molar-refractivity contribution < 1.29 is 9.15 Å². The van der Waals surface area contributed by atoms with Gasteiger partial charge in [-0.3, -0.25) is 0 Å². The number of rotatable bonds is 8. The number of nitrogens with zero attached hydrogens (tertiary/aromatic N) is 1. The second kappa shape index (κ2) is 14.6. The van der Waals surface area contributed by atoms with Crippen molar-refractivity contribution in [1.29, 1.82) is 0 Å². The second-order valence-electron chi connectivity index (χ2n) is 14.9. The summed E-state index contributed by atoms with van der Waals surface area (Å²) in [5, 5.41) is 5.80. The Morgan fingerprint density at radius 2 is 0.932 bits per heavy atom. The molecule has 11 rings (SSSR count). The van der Waals surface area contributed by atoms with Crippen LogP contribution in [-0.4, -0.2) is 0 Å². The fourth-order valence-corrected chi connectivity index (χ4v) is 8.44. The van der Waals surface area contributed by atoms with Gasteiger partial charge in [0.15, 0.2) is 6.23 Å². The lowest BCUT2D eigenvalue weighted by atomic mass is 9.97. The van der Waals surface area contributed by atoms with Crippen molar-refractivity contribution in [3.05, 3.63) is 224 Å². The molecule has 9 aromatic carbocycles. The largest absolute Gasteiger partial charge is 0.464 e. The van der Waals surface area contributed by atoms with E-state index in [0.29, 0.717) is 0 Å². The normalized spacial score (nSPS) is 13.2. The average molecular weight is 759 g/mol. The van der Waals surface area contributed by atoms with Crippen LogP contribution < -0.4 is 15.0 Å². The van der Waals surface area contributed by atoms with Gasteiger partial charge in [-0.15, -0.1) is 0 Å². The van der Waals surface area contributed by atoms with Crippen molar-refractivity contribution in [3.63, 3.8) is 0 Å². The summed E-state index contributed by atoms with van der Waals surface area (Å²) in [6.45, 7) is 0. The maximum Gasteiger partial charge on any atom is 0.196 e. The molecule has 10 aromatic rings. The van der Waals surface area contributed by atoms with Crippen LogP contribution in [0.5, 0.6) is 5.75 Å². The molecule has 4 nitrogen and oxygen atoms in total. The number of hydrogen-bond acceptors (Lipinski definition) is 4. The number of hydrogen-bond donors (Lipinski definition) is 1. The first kappa shape index (κ1) is 34.4. The van der Waals surface area contributed by atoms with Crippen molar-refractivity contribution >= 4 is 44.7 Å². The lowest BCUT2D eigenvalue weighted by molar-refractivity contribution is 0.260. The van der Waals surface area contributed by atoms with Gasteiger partial charge >= 0.3 is 0 Å². The Morgan fingerprint density at radius 3 is 1.59 bits per heavy atom. The molecule has 0 radical (unpaired) electrons. The van der Waals surface area contributed by atoms with Crippen LogP contribution in [0, 0.1) is 0 Å². The van der Waals surface area contributed by atoms with Gasteiger partial charge in [-0.2, -0.15) is 0 Å². The zero-order valence-electron chi connectivity index (χ0n) is 32.1. The van der Waals surface area contributed by atoms with Crippen molar-refractivity contribution in [2.75, 3.05) is 10.2 Å². The Labute approximate surface area is 343 Å². The topological polar surface area (TPSA) is 37.6 Å². The molecule has 1 aliphatic rings. The number of fused-ring (bicyclic) bond motifs is 4. The van der Waals surface area contributed by atoms with Crippen LogP contribution in [0.15, 0.2) is 223 Å². The number of nitrogens with one attached hydrogen (secondary N) is 1. The van der Waals surface area contributed by atoms with Crippen molar-refractivity contribution in [2.24, 2.45) is 0 Å². The lowest BCUT2D eigenvalue weighted by Crippen LogP contribution is -2.11. The van der Waals surface area contributed by atoms with E-state index in [-0.39, 0.29) is 6.23 Å². The molecule has 1 N–H and O–H groups in total. The molecule has 0 fully saturated rings. The summed E-state index contributed by atoms with van der Waals surface area (Å²) in [6.07, 6.45) is -0.311. The summed E-state index contributed by atoms with van der Waals surface area (Å²) in [4.78, 5) is 2.36. The summed E-state index contributed by atoms with van der Waals surface area (Å²) in [7, 11) is 0. The van der Waals surface area contributed by atoms with Gasteiger partial charge in [0.1, 0.15) is 16.9 Å². The van der Waals surface area contributed by atoms with Crippen LogP contribution in [0.3, 0.4) is 0 Å². The minimum atomic E-state index is -0.311. The summed E-state index contributed by atoms with van der Waals surface area (Å²) < 4.78 is 13.3. The molecule has 0 amide bonds. The predicted molar refractivity (Wildman–Crippen MR) is 244 cm³/mol. The summed E-state index contributed by atoms with van der Waals surface area (Å²) in [6, 6.07) is 77.0. The Bertz CT molecular complexity index is 3070. The van der Waals surface area contributed by atoms with Crippen LogP contribution in [0.4, 0.5) is 22.7 Å². The molecular weight excluding hydrogens is 721 g/mol. The number of furan rings is 1. The van der Waals surface area contributed by atoms with Crippen molar-refractivity contribution in [3.8, 4) is 50.3 Å². The van der Waals surface area contributed by atoms with Gasteiger partial charge in [0.2, 0.25) is 0 Å². The van der Waals surface area contributed by atoms with E-state index in [4.69, 9.17) is 9.15 Å². The van der Waals surface area contributed by atoms with Crippen molar-refractivity contribution in [1.82, 2.24) is 0 Å². The third kappa shape index (κ3) is 6.28. The van der Waals surface area contributed by atoms with Crippen LogP contribution in [0.25, 0.3) is 66.4 Å². The second-order valence-corrected chi connectivity index (χ2v) is 14.9. The van der Waals surface area contributed by atoms with E-state index in [2.05, 4.69) is 198 Å². The van der Waals surface area contributed by atoms with Gasteiger partial charge < -0.3 is 19.4 Å². The first-order valence-electron chi connectivity index (χ1n) is 20.0. The fraction of sp³-hybridized carbons (Fsp3) is 0.0182. The predicted octanol–water partition coefficient (Wildman–Crippen LogP) is 15.2. The number of ether oxygens (including phenoxy) is 1. The molecule has 0 saturated carbocycles. The molecule has 4 heteroatoms. The van der Waals surface area contributed by atoms with E-state index in [1.165, 1.54) is 22.3 Å². The van der Waals surface area contributed by atoms with E-state index < -0.39 is 0 Å². The van der Waals surface area contributed by atoms with Gasteiger partial charge in [-0.25, -0.2) is 0 Å². The first-order chi connectivity index (χ1) is 29.2. The van der Waals surface area contributed by atoms with Crippen LogP contribution >= 0.6 is 0 Å². The van der Waals surface area contributed by atoms with Gasteiger partial charge in [-0.1, -0.05) is 176 Å². The highest BCUT2D eigenvalue weighted by Gasteiger charge is 2.30. The maximum atomic E-state index is 6.66. The van der Waals surface area contributed by atoms with Crippen molar-refractivity contribution in [2.45, 2.75) is 6.23 Å². The SMILES string of the molecule is c1ccc(-c2ccc(-c3ccccc3N(c3ccc(-c4ccccc4)cc3)c3ccc(-c4c5c(cc6c4oc4ccccc46)OC(c4ccccc4)N5)cc3)cc2)cc1. The molecule has 1 aromatic heterocycles. The zero-order chi connectivity index (χ0) is 39.1. The maximum absolute atomic E-state index is 6.66. The van der Waals surface area contributed by atoms with Gasteiger partial charge in [0, 0.05) is 33.3 Å². The van der Waals surface area contributed by atoms with Crippen LogP contribution in [0.2, 0.25) is 0 Å². The van der Waals surface area contributed by atoms with E-state index in [0.717, 1.165) is 78.3 Å². The minimum Gasteiger partial charge on any atom is -0.464 e. The molecule has 59 heavy (non-hydrogen) atoms. The molecule has 1 aliphatic heterocycles. The van der Waals surface area contributed by atoms with E-state index in [1.807, 2.05) is 30.3 Å². The minimum absolute atomic E-state index is 0.311.